The van der Waals surface area contributed by atoms with Gasteiger partial charge in [-0.05, 0) is 30.9 Å². The molecule has 0 aliphatic heterocycles. The number of rotatable bonds is 5. The van der Waals surface area contributed by atoms with Crippen LogP contribution in [0.25, 0.3) is 0 Å². The number of Topliss-reactive ketones (excluding diaryl/α,β-unsaturated/α-hetero) is 1. The molecule has 2 aromatic rings. The number of carbonyl (C=O) groups excluding carboxylic acids is 2. The lowest BCUT2D eigenvalue weighted by molar-refractivity contribution is -0.119. The van der Waals surface area contributed by atoms with Gasteiger partial charge in [-0.2, -0.15) is 5.10 Å². The molecule has 0 spiro atoms. The molecule has 0 radical (unpaired) electrons. The Morgan fingerprint density at radius 2 is 2.27 bits per heavy atom. The fraction of sp³-hybridized carbons (Fsp3) is 0.400. The van der Waals surface area contributed by atoms with E-state index in [0.717, 1.165) is 5.56 Å². The van der Waals surface area contributed by atoms with Gasteiger partial charge in [-0.25, -0.2) is 0 Å². The smallest absolute Gasteiger partial charge is 0.296 e. The van der Waals surface area contributed by atoms with Crippen molar-refractivity contribution in [1.29, 1.82) is 0 Å². The number of hydrogen-bond acceptors (Lipinski definition) is 5. The standard InChI is InChI=1S/C15H17N3O4/c1-18-8-10(7-16-18)13(9-5-11(19)6-9)17-15(21)14(20)12-3-2-4-22-12/h2-4,7-9,11,13,19H,5-6H2,1H3,(H,17,21)/t9?,11?,13-/m0/s1. The first-order valence-corrected chi connectivity index (χ1v) is 7.10. The van der Waals surface area contributed by atoms with Gasteiger partial charge in [-0.15, -0.1) is 0 Å². The van der Waals surface area contributed by atoms with Crippen LogP contribution in [0.1, 0.15) is 35.0 Å². The molecule has 1 saturated carbocycles. The Kier molecular flexibility index (Phi) is 3.81. The normalized spacial score (nSPS) is 21.9. The summed E-state index contributed by atoms with van der Waals surface area (Å²) in [5.41, 5.74) is 0.819. The zero-order valence-corrected chi connectivity index (χ0v) is 12.1. The van der Waals surface area contributed by atoms with Gasteiger partial charge in [0.2, 0.25) is 0 Å². The summed E-state index contributed by atoms with van der Waals surface area (Å²) in [6.07, 6.45) is 5.65. The molecule has 1 aliphatic rings. The second-order valence-electron chi connectivity index (χ2n) is 5.59. The highest BCUT2D eigenvalue weighted by molar-refractivity contribution is 6.42. The molecule has 1 aliphatic carbocycles. The molecule has 3 rings (SSSR count). The van der Waals surface area contributed by atoms with Crippen LogP contribution in [-0.2, 0) is 11.8 Å². The van der Waals surface area contributed by atoms with Gasteiger partial charge in [0.05, 0.1) is 24.6 Å². The lowest BCUT2D eigenvalue weighted by atomic mass is 9.75. The second-order valence-corrected chi connectivity index (χ2v) is 5.59. The van der Waals surface area contributed by atoms with Gasteiger partial charge in [-0.1, -0.05) is 0 Å². The first-order valence-electron chi connectivity index (χ1n) is 7.10. The Morgan fingerprint density at radius 3 is 2.82 bits per heavy atom. The van der Waals surface area contributed by atoms with Crippen molar-refractivity contribution in [3.63, 3.8) is 0 Å². The zero-order valence-electron chi connectivity index (χ0n) is 12.1. The van der Waals surface area contributed by atoms with Crippen LogP contribution < -0.4 is 5.32 Å². The van der Waals surface area contributed by atoms with Crippen LogP contribution in [0.2, 0.25) is 0 Å². The van der Waals surface area contributed by atoms with Gasteiger partial charge in [0.25, 0.3) is 11.7 Å². The van der Waals surface area contributed by atoms with Crippen LogP contribution in [-0.4, -0.2) is 32.7 Å². The number of hydrogen-bond donors (Lipinski definition) is 2. The maximum Gasteiger partial charge on any atom is 0.296 e. The summed E-state index contributed by atoms with van der Waals surface area (Å²) in [7, 11) is 1.78. The van der Waals surface area contributed by atoms with E-state index in [-0.39, 0.29) is 23.8 Å². The molecular weight excluding hydrogens is 286 g/mol. The zero-order chi connectivity index (χ0) is 15.7. The maximum absolute atomic E-state index is 12.1. The van der Waals surface area contributed by atoms with E-state index >= 15 is 0 Å². The third kappa shape index (κ3) is 2.80. The quantitative estimate of drug-likeness (QED) is 0.629. The van der Waals surface area contributed by atoms with Crippen molar-refractivity contribution in [3.8, 4) is 0 Å². The van der Waals surface area contributed by atoms with Crippen molar-refractivity contribution in [2.24, 2.45) is 13.0 Å². The third-order valence-electron chi connectivity index (χ3n) is 3.94. The van der Waals surface area contributed by atoms with Gasteiger partial charge in [-0.3, -0.25) is 14.3 Å². The SMILES string of the molecule is Cn1cc([C@@H](NC(=O)C(=O)c2ccco2)C2CC(O)C2)cn1. The average molecular weight is 303 g/mol. The maximum atomic E-state index is 12.1. The molecule has 0 bridgehead atoms. The van der Waals surface area contributed by atoms with Gasteiger partial charge in [0.15, 0.2) is 5.76 Å². The highest BCUT2D eigenvalue weighted by atomic mass is 16.3. The van der Waals surface area contributed by atoms with E-state index in [0.29, 0.717) is 12.8 Å². The third-order valence-corrected chi connectivity index (χ3v) is 3.94. The number of carbonyl (C=O) groups is 2. The Bertz CT molecular complexity index is 671. The molecule has 0 aromatic carbocycles. The van der Waals surface area contributed by atoms with Crippen molar-refractivity contribution >= 4 is 11.7 Å². The topological polar surface area (TPSA) is 97.4 Å². The summed E-state index contributed by atoms with van der Waals surface area (Å²) >= 11 is 0. The van der Waals surface area contributed by atoms with E-state index in [1.165, 1.54) is 12.3 Å². The molecule has 2 aromatic heterocycles. The second kappa shape index (κ2) is 5.76. The van der Waals surface area contributed by atoms with E-state index in [1.807, 2.05) is 0 Å². The van der Waals surface area contributed by atoms with E-state index < -0.39 is 11.7 Å². The predicted molar refractivity (Wildman–Crippen MR) is 75.9 cm³/mol. The number of ketones is 1. The lowest BCUT2D eigenvalue weighted by Crippen LogP contribution is -2.43. The number of aromatic nitrogens is 2. The molecule has 1 atom stereocenters. The first kappa shape index (κ1) is 14.5. The van der Waals surface area contributed by atoms with Crippen LogP contribution in [0, 0.1) is 5.92 Å². The average Bonchev–Trinajstić information content (AvgIpc) is 3.12. The Morgan fingerprint density at radius 1 is 1.50 bits per heavy atom. The molecule has 2 heterocycles. The van der Waals surface area contributed by atoms with Crippen LogP contribution in [0.5, 0.6) is 0 Å². The summed E-state index contributed by atoms with van der Waals surface area (Å²) in [4.78, 5) is 24.1. The minimum absolute atomic E-state index is 0.0103. The molecule has 2 N–H and O–H groups in total. The molecule has 1 amide bonds. The Hall–Kier alpha value is -2.41. The largest absolute Gasteiger partial charge is 0.461 e. The van der Waals surface area contributed by atoms with Crippen molar-refractivity contribution in [3.05, 3.63) is 42.1 Å². The highest BCUT2D eigenvalue weighted by Crippen LogP contribution is 2.37. The van der Waals surface area contributed by atoms with E-state index in [4.69, 9.17) is 4.42 Å². The van der Waals surface area contributed by atoms with Gasteiger partial charge < -0.3 is 14.8 Å². The van der Waals surface area contributed by atoms with Gasteiger partial charge >= 0.3 is 0 Å². The summed E-state index contributed by atoms with van der Waals surface area (Å²) in [5, 5.41) is 16.3. The van der Waals surface area contributed by atoms with Crippen LogP contribution in [0.15, 0.2) is 35.2 Å². The van der Waals surface area contributed by atoms with Crippen LogP contribution in [0.4, 0.5) is 0 Å². The minimum Gasteiger partial charge on any atom is -0.461 e. The number of aliphatic hydroxyl groups is 1. The molecule has 1 fully saturated rings. The number of aryl methyl sites for hydroxylation is 1. The monoisotopic (exact) mass is 303 g/mol. The number of aliphatic hydroxyl groups excluding tert-OH is 1. The van der Waals surface area contributed by atoms with E-state index in [2.05, 4.69) is 10.4 Å². The molecule has 22 heavy (non-hydrogen) atoms. The summed E-state index contributed by atoms with van der Waals surface area (Å²) in [6, 6.07) is 2.67. The van der Waals surface area contributed by atoms with Crippen LogP contribution in [0.3, 0.4) is 0 Å². The molecule has 116 valence electrons. The molecule has 7 nitrogen and oxygen atoms in total. The van der Waals surface area contributed by atoms with E-state index in [9.17, 15) is 14.7 Å². The van der Waals surface area contributed by atoms with Crippen molar-refractivity contribution in [2.45, 2.75) is 25.0 Å². The molecule has 7 heteroatoms. The number of nitrogens with zero attached hydrogens (tertiary/aromatic N) is 2. The fourth-order valence-corrected chi connectivity index (χ4v) is 2.70. The summed E-state index contributed by atoms with van der Waals surface area (Å²) in [5.74, 6) is -1.33. The number of nitrogens with one attached hydrogen (secondary N) is 1. The predicted octanol–water partition coefficient (Wildman–Crippen LogP) is 0.824. The lowest BCUT2D eigenvalue weighted by Gasteiger charge is -2.37. The van der Waals surface area contributed by atoms with Gasteiger partial charge in [0, 0.05) is 18.8 Å². The Balaban J connectivity index is 1.75. The number of amides is 1. The number of furan rings is 1. The summed E-state index contributed by atoms with van der Waals surface area (Å²) < 4.78 is 6.60. The highest BCUT2D eigenvalue weighted by Gasteiger charge is 2.37. The molecule has 0 saturated heterocycles. The molecular formula is C15H17N3O4. The van der Waals surface area contributed by atoms with Gasteiger partial charge in [0.1, 0.15) is 0 Å². The summed E-state index contributed by atoms with van der Waals surface area (Å²) in [6.45, 7) is 0. The first-order chi connectivity index (χ1) is 10.5. The van der Waals surface area contributed by atoms with Crippen molar-refractivity contribution in [2.75, 3.05) is 0 Å². The van der Waals surface area contributed by atoms with Crippen molar-refractivity contribution in [1.82, 2.24) is 15.1 Å². The minimum atomic E-state index is -0.717. The van der Waals surface area contributed by atoms with Crippen molar-refractivity contribution < 1.29 is 19.1 Å². The van der Waals surface area contributed by atoms with Crippen LogP contribution >= 0.6 is 0 Å². The molecule has 0 unspecified atom stereocenters. The fourth-order valence-electron chi connectivity index (χ4n) is 2.70. The van der Waals surface area contributed by atoms with E-state index in [1.54, 1.807) is 30.2 Å². The Labute approximate surface area is 126 Å².